The topological polar surface area (TPSA) is 101 Å². The zero-order valence-electron chi connectivity index (χ0n) is 13.0. The predicted octanol–water partition coefficient (Wildman–Crippen LogP) is 2.45. The van der Waals surface area contributed by atoms with Gasteiger partial charge in [0.25, 0.3) is 10.0 Å². The van der Waals surface area contributed by atoms with Crippen LogP contribution in [0.1, 0.15) is 25.3 Å². The van der Waals surface area contributed by atoms with Gasteiger partial charge in [-0.15, -0.1) is 10.2 Å². The molecule has 0 fully saturated rings. The van der Waals surface area contributed by atoms with Gasteiger partial charge in [-0.25, -0.2) is 13.1 Å². The minimum absolute atomic E-state index is 0.156. The van der Waals surface area contributed by atoms with E-state index in [1.807, 2.05) is 24.3 Å². The number of unbranched alkanes of at least 4 members (excludes halogenated alkanes) is 1. The summed E-state index contributed by atoms with van der Waals surface area (Å²) < 4.78 is 26.5. The van der Waals surface area contributed by atoms with E-state index in [1.54, 1.807) is 0 Å². The molecule has 1 amide bonds. The smallest absolute Gasteiger partial charge is 0.269 e. The fraction of sp³-hybridized carbons (Fsp3) is 0.357. The van der Waals surface area contributed by atoms with Crippen LogP contribution in [0, 0.1) is 0 Å². The monoisotopic (exact) mass is 388 g/mol. The molecule has 10 heteroatoms. The first-order valence-corrected chi connectivity index (χ1v) is 9.90. The lowest BCUT2D eigenvalue weighted by Crippen LogP contribution is -2.24. The van der Waals surface area contributed by atoms with E-state index >= 15 is 0 Å². The number of aromatic nitrogens is 2. The summed E-state index contributed by atoms with van der Waals surface area (Å²) in [6.45, 7) is 1.62. The standard InChI is InChI=1S/C14H17ClN4O3S2/c1-10(20)17-13-18-19-14(23-13)24(21,22)16-8-3-2-5-11-6-4-7-12(15)9-11/h4,6-7,9,16H,2-3,5,8H2,1H3,(H,17,18,20). The van der Waals surface area contributed by atoms with Gasteiger partial charge in [0.15, 0.2) is 0 Å². The number of hydrogen-bond acceptors (Lipinski definition) is 6. The second-order valence-corrected chi connectivity index (χ2v) is 8.39. The minimum Gasteiger partial charge on any atom is -0.301 e. The maximum absolute atomic E-state index is 12.1. The number of benzene rings is 1. The zero-order valence-corrected chi connectivity index (χ0v) is 15.3. The van der Waals surface area contributed by atoms with Crippen molar-refractivity contribution in [1.82, 2.24) is 14.9 Å². The zero-order chi connectivity index (χ0) is 17.6. The van der Waals surface area contributed by atoms with E-state index in [0.717, 1.165) is 29.7 Å². The highest BCUT2D eigenvalue weighted by molar-refractivity contribution is 7.91. The molecule has 0 atom stereocenters. The van der Waals surface area contributed by atoms with Crippen molar-refractivity contribution in [3.8, 4) is 0 Å². The van der Waals surface area contributed by atoms with Gasteiger partial charge in [0.2, 0.25) is 15.4 Å². The molecule has 24 heavy (non-hydrogen) atoms. The number of hydrogen-bond donors (Lipinski definition) is 2. The molecule has 0 aliphatic carbocycles. The van der Waals surface area contributed by atoms with Gasteiger partial charge in [0, 0.05) is 18.5 Å². The lowest BCUT2D eigenvalue weighted by atomic mass is 10.1. The van der Waals surface area contributed by atoms with E-state index in [1.165, 1.54) is 6.92 Å². The summed E-state index contributed by atoms with van der Waals surface area (Å²) in [5.41, 5.74) is 1.12. The highest BCUT2D eigenvalue weighted by Crippen LogP contribution is 2.19. The van der Waals surface area contributed by atoms with Crippen molar-refractivity contribution in [3.63, 3.8) is 0 Å². The molecule has 1 aromatic carbocycles. The fourth-order valence-corrected chi connectivity index (χ4v) is 4.21. The average molecular weight is 389 g/mol. The van der Waals surface area contributed by atoms with Crippen molar-refractivity contribution in [1.29, 1.82) is 0 Å². The number of nitrogens with zero attached hydrogens (tertiary/aromatic N) is 2. The largest absolute Gasteiger partial charge is 0.301 e. The third kappa shape index (κ3) is 5.82. The van der Waals surface area contributed by atoms with Crippen molar-refractivity contribution in [2.45, 2.75) is 30.5 Å². The number of halogens is 1. The summed E-state index contributed by atoms with van der Waals surface area (Å²) >= 11 is 6.73. The molecule has 1 aromatic heterocycles. The number of anilines is 1. The van der Waals surface area contributed by atoms with E-state index < -0.39 is 10.0 Å². The summed E-state index contributed by atoms with van der Waals surface area (Å²) in [6.07, 6.45) is 2.34. The molecular formula is C14H17ClN4O3S2. The summed E-state index contributed by atoms with van der Waals surface area (Å²) in [4.78, 5) is 10.9. The van der Waals surface area contributed by atoms with Gasteiger partial charge in [-0.1, -0.05) is 35.1 Å². The van der Waals surface area contributed by atoms with Crippen LogP contribution in [0.15, 0.2) is 28.6 Å². The molecule has 0 spiro atoms. The number of nitrogens with one attached hydrogen (secondary N) is 2. The van der Waals surface area contributed by atoms with Gasteiger partial charge in [-0.2, -0.15) is 0 Å². The molecule has 7 nitrogen and oxygen atoms in total. The van der Waals surface area contributed by atoms with E-state index in [-0.39, 0.29) is 15.4 Å². The van der Waals surface area contributed by atoms with Crippen LogP contribution in [-0.2, 0) is 21.2 Å². The van der Waals surface area contributed by atoms with Crippen LogP contribution >= 0.6 is 22.9 Å². The number of carbonyl (C=O) groups excluding carboxylic acids is 1. The van der Waals surface area contributed by atoms with Gasteiger partial charge in [0.05, 0.1) is 0 Å². The van der Waals surface area contributed by atoms with Gasteiger partial charge < -0.3 is 5.32 Å². The molecule has 2 rings (SSSR count). The lowest BCUT2D eigenvalue weighted by molar-refractivity contribution is -0.114. The van der Waals surface area contributed by atoms with Crippen molar-refractivity contribution in [2.24, 2.45) is 0 Å². The molecule has 0 unspecified atom stereocenters. The molecule has 0 aliphatic heterocycles. The second kappa shape index (κ2) is 8.52. The molecule has 2 N–H and O–H groups in total. The predicted molar refractivity (Wildman–Crippen MR) is 93.8 cm³/mol. The van der Waals surface area contributed by atoms with E-state index in [4.69, 9.17) is 11.6 Å². The summed E-state index contributed by atoms with van der Waals surface area (Å²) in [6, 6.07) is 7.59. The number of amides is 1. The molecule has 0 bridgehead atoms. The molecule has 130 valence electrons. The van der Waals surface area contributed by atoms with E-state index in [2.05, 4.69) is 20.2 Å². The fourth-order valence-electron chi connectivity index (χ4n) is 1.93. The Morgan fingerprint density at radius 3 is 2.79 bits per heavy atom. The molecule has 0 saturated heterocycles. The Labute approximate surface area is 149 Å². The number of sulfonamides is 1. The van der Waals surface area contributed by atoms with Crippen LogP contribution in [0.5, 0.6) is 0 Å². The van der Waals surface area contributed by atoms with Crippen LogP contribution < -0.4 is 10.0 Å². The van der Waals surface area contributed by atoms with Gasteiger partial charge in [-0.3, -0.25) is 4.79 Å². The quantitative estimate of drug-likeness (QED) is 0.534. The Bertz CT molecular complexity index is 808. The third-order valence-corrected chi connectivity index (χ3v) is 5.89. The van der Waals surface area contributed by atoms with Crippen molar-refractivity contribution < 1.29 is 13.2 Å². The third-order valence-electron chi connectivity index (χ3n) is 2.99. The molecule has 2 aromatic rings. The van der Waals surface area contributed by atoms with Gasteiger partial charge >= 0.3 is 0 Å². The van der Waals surface area contributed by atoms with Crippen LogP contribution in [0.2, 0.25) is 5.02 Å². The molecule has 0 saturated carbocycles. The number of carbonyl (C=O) groups is 1. The van der Waals surface area contributed by atoms with Crippen LogP contribution in [0.25, 0.3) is 0 Å². The summed E-state index contributed by atoms with van der Waals surface area (Å²) in [5.74, 6) is -0.330. The Balaban J connectivity index is 1.78. The highest BCUT2D eigenvalue weighted by Gasteiger charge is 2.19. The Morgan fingerprint density at radius 1 is 1.29 bits per heavy atom. The summed E-state index contributed by atoms with van der Waals surface area (Å²) in [7, 11) is -3.70. The summed E-state index contributed by atoms with van der Waals surface area (Å²) in [5, 5.41) is 10.5. The lowest BCUT2D eigenvalue weighted by Gasteiger charge is -2.04. The number of rotatable bonds is 8. The maximum atomic E-state index is 12.1. The Morgan fingerprint density at radius 2 is 2.08 bits per heavy atom. The van der Waals surface area contributed by atoms with E-state index in [9.17, 15) is 13.2 Å². The van der Waals surface area contributed by atoms with Crippen molar-refractivity contribution in [2.75, 3.05) is 11.9 Å². The molecule has 0 aliphatic rings. The van der Waals surface area contributed by atoms with Crippen molar-refractivity contribution >= 4 is 44.0 Å². The molecule has 0 radical (unpaired) electrons. The first-order chi connectivity index (χ1) is 11.4. The first kappa shape index (κ1) is 18.8. The van der Waals surface area contributed by atoms with Crippen LogP contribution in [0.3, 0.4) is 0 Å². The number of aryl methyl sites for hydroxylation is 1. The van der Waals surface area contributed by atoms with Gasteiger partial charge in [0.1, 0.15) is 0 Å². The van der Waals surface area contributed by atoms with Crippen LogP contribution in [0.4, 0.5) is 5.13 Å². The van der Waals surface area contributed by atoms with Crippen LogP contribution in [-0.4, -0.2) is 31.1 Å². The Kier molecular flexibility index (Phi) is 6.67. The average Bonchev–Trinajstić information content (AvgIpc) is 2.95. The van der Waals surface area contributed by atoms with Crippen molar-refractivity contribution in [3.05, 3.63) is 34.9 Å². The SMILES string of the molecule is CC(=O)Nc1nnc(S(=O)(=O)NCCCCc2cccc(Cl)c2)s1. The second-order valence-electron chi connectivity index (χ2n) is 5.04. The normalized spacial score (nSPS) is 11.4. The first-order valence-electron chi connectivity index (χ1n) is 7.22. The Hall–Kier alpha value is -1.55. The minimum atomic E-state index is -3.70. The van der Waals surface area contributed by atoms with E-state index in [0.29, 0.717) is 18.0 Å². The van der Waals surface area contributed by atoms with Gasteiger partial charge in [-0.05, 0) is 37.0 Å². The maximum Gasteiger partial charge on any atom is 0.269 e. The molecular weight excluding hydrogens is 372 g/mol. The molecule has 1 heterocycles. The highest BCUT2D eigenvalue weighted by atomic mass is 35.5.